The van der Waals surface area contributed by atoms with E-state index in [1.54, 1.807) is 26.0 Å². The zero-order chi connectivity index (χ0) is 15.3. The highest BCUT2D eigenvalue weighted by molar-refractivity contribution is 9.10. The highest BCUT2D eigenvalue weighted by Gasteiger charge is 2.22. The molecule has 0 spiro atoms. The predicted molar refractivity (Wildman–Crippen MR) is 77.3 cm³/mol. The Labute approximate surface area is 126 Å². The number of halogens is 1. The van der Waals surface area contributed by atoms with Gasteiger partial charge in [-0.1, -0.05) is 0 Å². The molecule has 0 saturated carbocycles. The van der Waals surface area contributed by atoms with E-state index in [9.17, 15) is 13.2 Å². The van der Waals surface area contributed by atoms with E-state index in [0.29, 0.717) is 10.2 Å². The van der Waals surface area contributed by atoms with E-state index in [2.05, 4.69) is 30.4 Å². The summed E-state index contributed by atoms with van der Waals surface area (Å²) < 4.78 is 28.9. The molecule has 1 aromatic heterocycles. The molecule has 20 heavy (non-hydrogen) atoms. The second kappa shape index (κ2) is 7.11. The van der Waals surface area contributed by atoms with Crippen molar-refractivity contribution >= 4 is 32.1 Å². The van der Waals surface area contributed by atoms with Crippen LogP contribution in [0.2, 0.25) is 0 Å². The minimum Gasteiger partial charge on any atom is -0.481 e. The van der Waals surface area contributed by atoms with E-state index < -0.39 is 22.2 Å². The van der Waals surface area contributed by atoms with Crippen LogP contribution in [-0.2, 0) is 15.0 Å². The third-order valence-corrected chi connectivity index (χ3v) is 4.03. The van der Waals surface area contributed by atoms with E-state index in [4.69, 9.17) is 5.11 Å². The number of carboxylic acid groups (broad SMARTS) is 1. The van der Waals surface area contributed by atoms with Gasteiger partial charge in [-0.25, -0.2) is 4.98 Å². The highest BCUT2D eigenvalue weighted by atomic mass is 79.9. The van der Waals surface area contributed by atoms with E-state index in [1.807, 2.05) is 0 Å². The van der Waals surface area contributed by atoms with Crippen molar-refractivity contribution in [2.24, 2.45) is 0 Å². The SMILES string of the molecule is CC(C)NS(=O)(=O)NC(CC(=O)O)c1ccnc(Br)c1. The first-order valence-electron chi connectivity index (χ1n) is 5.82. The van der Waals surface area contributed by atoms with Crippen molar-refractivity contribution in [1.82, 2.24) is 14.4 Å². The summed E-state index contributed by atoms with van der Waals surface area (Å²) in [6.45, 7) is 3.35. The monoisotopic (exact) mass is 365 g/mol. The molecule has 0 amide bonds. The summed E-state index contributed by atoms with van der Waals surface area (Å²) in [7, 11) is -3.79. The van der Waals surface area contributed by atoms with Gasteiger partial charge in [0, 0.05) is 12.2 Å². The lowest BCUT2D eigenvalue weighted by atomic mass is 10.1. The van der Waals surface area contributed by atoms with Crippen LogP contribution >= 0.6 is 15.9 Å². The topological polar surface area (TPSA) is 108 Å². The maximum Gasteiger partial charge on any atom is 0.305 e. The number of carbonyl (C=O) groups is 1. The summed E-state index contributed by atoms with van der Waals surface area (Å²) in [5, 5.41) is 8.91. The summed E-state index contributed by atoms with van der Waals surface area (Å²) in [4.78, 5) is 14.8. The quantitative estimate of drug-likeness (QED) is 0.629. The Morgan fingerprint density at radius 2 is 2.10 bits per heavy atom. The van der Waals surface area contributed by atoms with Crippen molar-refractivity contribution in [3.05, 3.63) is 28.5 Å². The number of pyridine rings is 1. The predicted octanol–water partition coefficient (Wildman–Crippen LogP) is 1.19. The second-order valence-electron chi connectivity index (χ2n) is 4.46. The summed E-state index contributed by atoms with van der Waals surface area (Å²) in [6.07, 6.45) is 1.11. The lowest BCUT2D eigenvalue weighted by Crippen LogP contribution is -2.42. The second-order valence-corrected chi connectivity index (χ2v) is 6.75. The Balaban J connectivity index is 2.99. The first kappa shape index (κ1) is 17.0. The maximum absolute atomic E-state index is 11.8. The average molecular weight is 366 g/mol. The molecule has 0 saturated heterocycles. The molecular formula is C11H16BrN3O4S. The molecule has 7 nitrogen and oxygen atoms in total. The molecule has 0 aliphatic heterocycles. The van der Waals surface area contributed by atoms with Crippen molar-refractivity contribution in [1.29, 1.82) is 0 Å². The van der Waals surface area contributed by atoms with Gasteiger partial charge in [-0.2, -0.15) is 17.9 Å². The first-order chi connectivity index (χ1) is 9.19. The average Bonchev–Trinajstić information content (AvgIpc) is 2.25. The summed E-state index contributed by atoms with van der Waals surface area (Å²) in [5.41, 5.74) is 0.517. The molecule has 0 aromatic carbocycles. The van der Waals surface area contributed by atoms with Crippen LogP contribution < -0.4 is 9.44 Å². The van der Waals surface area contributed by atoms with Crippen molar-refractivity contribution in [2.45, 2.75) is 32.4 Å². The summed E-state index contributed by atoms with van der Waals surface area (Å²) in [6, 6.07) is 1.98. The van der Waals surface area contributed by atoms with Gasteiger partial charge in [-0.05, 0) is 47.5 Å². The fourth-order valence-electron chi connectivity index (χ4n) is 1.57. The Kier molecular flexibility index (Phi) is 6.06. The Morgan fingerprint density at radius 1 is 1.45 bits per heavy atom. The highest BCUT2D eigenvalue weighted by Crippen LogP contribution is 2.20. The fourth-order valence-corrected chi connectivity index (χ4v) is 3.23. The van der Waals surface area contributed by atoms with Crippen LogP contribution in [-0.4, -0.2) is 30.5 Å². The minimum atomic E-state index is -3.79. The molecule has 1 unspecified atom stereocenters. The lowest BCUT2D eigenvalue weighted by Gasteiger charge is -2.19. The molecular weight excluding hydrogens is 350 g/mol. The van der Waals surface area contributed by atoms with Crippen LogP contribution in [0, 0.1) is 0 Å². The van der Waals surface area contributed by atoms with Gasteiger partial charge < -0.3 is 5.11 Å². The molecule has 0 aliphatic carbocycles. The van der Waals surface area contributed by atoms with Crippen molar-refractivity contribution < 1.29 is 18.3 Å². The number of rotatable bonds is 7. The Hall–Kier alpha value is -1.03. The normalized spacial score (nSPS) is 13.4. The minimum absolute atomic E-state index is 0.290. The summed E-state index contributed by atoms with van der Waals surface area (Å²) >= 11 is 3.17. The number of aliphatic carboxylic acids is 1. The molecule has 112 valence electrons. The molecule has 0 radical (unpaired) electrons. The van der Waals surface area contributed by atoms with Gasteiger partial charge in [0.25, 0.3) is 10.2 Å². The number of aromatic nitrogens is 1. The zero-order valence-electron chi connectivity index (χ0n) is 11.0. The van der Waals surface area contributed by atoms with Crippen molar-refractivity contribution in [2.75, 3.05) is 0 Å². The van der Waals surface area contributed by atoms with E-state index in [0.717, 1.165) is 0 Å². The number of hydrogen-bond donors (Lipinski definition) is 3. The molecule has 3 N–H and O–H groups in total. The maximum atomic E-state index is 11.8. The third-order valence-electron chi connectivity index (χ3n) is 2.22. The molecule has 1 heterocycles. The molecule has 0 bridgehead atoms. The van der Waals surface area contributed by atoms with Gasteiger partial charge in [-0.3, -0.25) is 4.79 Å². The number of carboxylic acids is 1. The molecule has 1 aromatic rings. The van der Waals surface area contributed by atoms with Crippen LogP contribution in [0.25, 0.3) is 0 Å². The van der Waals surface area contributed by atoms with E-state index >= 15 is 0 Å². The van der Waals surface area contributed by atoms with Crippen LogP contribution in [0.5, 0.6) is 0 Å². The van der Waals surface area contributed by atoms with Crippen LogP contribution in [0.1, 0.15) is 31.9 Å². The van der Waals surface area contributed by atoms with Crippen LogP contribution in [0.15, 0.2) is 22.9 Å². The van der Waals surface area contributed by atoms with Gasteiger partial charge in [-0.15, -0.1) is 0 Å². The van der Waals surface area contributed by atoms with Crippen molar-refractivity contribution in [3.8, 4) is 0 Å². The molecule has 1 atom stereocenters. The van der Waals surface area contributed by atoms with E-state index in [-0.39, 0.29) is 12.5 Å². The van der Waals surface area contributed by atoms with Gasteiger partial charge in [0.05, 0.1) is 12.5 Å². The first-order valence-corrected chi connectivity index (χ1v) is 8.10. The molecule has 0 aliphatic rings. The van der Waals surface area contributed by atoms with Gasteiger partial charge in [0.1, 0.15) is 4.60 Å². The Morgan fingerprint density at radius 3 is 2.60 bits per heavy atom. The number of nitrogens with one attached hydrogen (secondary N) is 2. The largest absolute Gasteiger partial charge is 0.481 e. The van der Waals surface area contributed by atoms with Crippen molar-refractivity contribution in [3.63, 3.8) is 0 Å². The Bertz CT molecular complexity index is 577. The molecule has 1 rings (SSSR count). The van der Waals surface area contributed by atoms with Crippen LogP contribution in [0.4, 0.5) is 0 Å². The standard InChI is InChI=1S/C11H16BrN3O4S/c1-7(2)14-20(18,19)15-9(6-11(16)17)8-3-4-13-10(12)5-8/h3-5,7,9,14-15H,6H2,1-2H3,(H,16,17). The summed E-state index contributed by atoms with van der Waals surface area (Å²) in [5.74, 6) is -1.10. The van der Waals surface area contributed by atoms with Gasteiger partial charge in [0.2, 0.25) is 0 Å². The number of nitrogens with zero attached hydrogens (tertiary/aromatic N) is 1. The fraction of sp³-hybridized carbons (Fsp3) is 0.455. The lowest BCUT2D eigenvalue weighted by molar-refractivity contribution is -0.137. The molecule has 0 fully saturated rings. The zero-order valence-corrected chi connectivity index (χ0v) is 13.4. The van der Waals surface area contributed by atoms with Gasteiger partial charge in [0.15, 0.2) is 0 Å². The van der Waals surface area contributed by atoms with Gasteiger partial charge >= 0.3 is 5.97 Å². The third kappa shape index (κ3) is 5.95. The smallest absolute Gasteiger partial charge is 0.305 e. The van der Waals surface area contributed by atoms with Crippen LogP contribution in [0.3, 0.4) is 0 Å². The molecule has 9 heteroatoms. The van der Waals surface area contributed by atoms with E-state index in [1.165, 1.54) is 6.20 Å². The number of hydrogen-bond acceptors (Lipinski definition) is 4.